The van der Waals surface area contributed by atoms with Gasteiger partial charge in [0.2, 0.25) is 0 Å². The van der Waals surface area contributed by atoms with E-state index in [1.807, 2.05) is 0 Å². The van der Waals surface area contributed by atoms with Crippen LogP contribution in [0, 0.1) is 6.92 Å². The van der Waals surface area contributed by atoms with Crippen LogP contribution in [-0.4, -0.2) is 39.4 Å². The first-order chi connectivity index (χ1) is 4.93. The SMILES string of the molecule is [CH2-][C@H]1O[C@@H](O)C[C@](C)(O)[C@@H]1O.[H+].[H+].[H+]. The Balaban J connectivity index is -0.000000403. The Morgan fingerprint density at radius 3 is 2.64 bits per heavy atom. The average molecular weight is 164 g/mol. The second-order valence-corrected chi connectivity index (χ2v) is 3.14. The van der Waals surface area contributed by atoms with Gasteiger partial charge < -0.3 is 27.0 Å². The van der Waals surface area contributed by atoms with E-state index in [0.717, 1.165) is 0 Å². The molecule has 66 valence electrons. The summed E-state index contributed by atoms with van der Waals surface area (Å²) in [6.07, 6.45) is -2.82. The predicted octanol–water partition coefficient (Wildman–Crippen LogP) is -0.623. The molecule has 1 heterocycles. The molecule has 0 aromatic carbocycles. The fourth-order valence-corrected chi connectivity index (χ4v) is 1.20. The van der Waals surface area contributed by atoms with Gasteiger partial charge in [0.05, 0.1) is 11.7 Å². The molecule has 1 aliphatic heterocycles. The molecule has 1 rings (SSSR count). The fourth-order valence-electron chi connectivity index (χ4n) is 1.20. The Kier molecular flexibility index (Phi) is 2.20. The van der Waals surface area contributed by atoms with Crippen LogP contribution >= 0.6 is 0 Å². The average Bonchev–Trinajstić information content (AvgIpc) is 1.81. The number of ether oxygens (including phenoxy) is 1. The molecule has 4 heteroatoms. The van der Waals surface area contributed by atoms with E-state index >= 15 is 0 Å². The maximum absolute atomic E-state index is 9.45. The number of hydrogen-bond donors (Lipinski definition) is 3. The third kappa shape index (κ3) is 1.70. The molecule has 0 aliphatic carbocycles. The number of aliphatic hydroxyl groups excluding tert-OH is 2. The summed E-state index contributed by atoms with van der Waals surface area (Å²) >= 11 is 0. The lowest BCUT2D eigenvalue weighted by Gasteiger charge is -2.43. The molecule has 3 N–H and O–H groups in total. The van der Waals surface area contributed by atoms with Gasteiger partial charge in [0.25, 0.3) is 0 Å². The Bertz CT molecular complexity index is 156. The van der Waals surface area contributed by atoms with E-state index in [1.165, 1.54) is 6.92 Å². The summed E-state index contributed by atoms with van der Waals surface area (Å²) in [5, 5.41) is 27.7. The zero-order chi connectivity index (χ0) is 8.65. The molecule has 0 aromatic rings. The van der Waals surface area contributed by atoms with E-state index in [4.69, 9.17) is 9.84 Å². The van der Waals surface area contributed by atoms with Gasteiger partial charge in [-0.3, -0.25) is 0 Å². The van der Waals surface area contributed by atoms with Gasteiger partial charge in [0.15, 0.2) is 6.29 Å². The highest BCUT2D eigenvalue weighted by molar-refractivity contribution is 4.93. The van der Waals surface area contributed by atoms with Gasteiger partial charge in [-0.1, -0.05) is 0 Å². The van der Waals surface area contributed by atoms with Crippen molar-refractivity contribution in [1.82, 2.24) is 0 Å². The third-order valence-corrected chi connectivity index (χ3v) is 1.91. The van der Waals surface area contributed by atoms with Crippen molar-refractivity contribution in [2.75, 3.05) is 0 Å². The predicted molar refractivity (Wildman–Crippen MR) is 40.8 cm³/mol. The van der Waals surface area contributed by atoms with Gasteiger partial charge in [0, 0.05) is 6.42 Å². The molecule has 1 saturated heterocycles. The van der Waals surface area contributed by atoms with Crippen LogP contribution in [-0.2, 0) is 4.74 Å². The van der Waals surface area contributed by atoms with Crippen LogP contribution in [0.3, 0.4) is 0 Å². The van der Waals surface area contributed by atoms with E-state index in [0.29, 0.717) is 0 Å². The normalized spacial score (nSPS) is 52.6. The topological polar surface area (TPSA) is 69.9 Å². The molecule has 4 atom stereocenters. The second-order valence-electron chi connectivity index (χ2n) is 3.14. The largest absolute Gasteiger partial charge is 1.00 e. The molecule has 0 saturated carbocycles. The van der Waals surface area contributed by atoms with Crippen molar-refractivity contribution in [1.29, 1.82) is 0 Å². The molecule has 11 heavy (non-hydrogen) atoms. The van der Waals surface area contributed by atoms with Crippen LogP contribution in [0.2, 0.25) is 0 Å². The zero-order valence-electron chi connectivity index (χ0n) is 9.40. The Hall–Kier alpha value is -0.160. The summed E-state index contributed by atoms with van der Waals surface area (Å²) in [5.74, 6) is 0. The molecule has 0 unspecified atom stereocenters. The van der Waals surface area contributed by atoms with Crippen molar-refractivity contribution < 1.29 is 24.3 Å². The van der Waals surface area contributed by atoms with Gasteiger partial charge in [-0.25, -0.2) is 0 Å². The van der Waals surface area contributed by atoms with Crippen molar-refractivity contribution in [3.63, 3.8) is 0 Å². The molecule has 0 amide bonds. The van der Waals surface area contributed by atoms with Gasteiger partial charge >= 0.3 is 4.28 Å². The first-order valence-electron chi connectivity index (χ1n) is 3.50. The van der Waals surface area contributed by atoms with Gasteiger partial charge in [0.1, 0.15) is 0 Å². The summed E-state index contributed by atoms with van der Waals surface area (Å²) in [6, 6.07) is 0. The van der Waals surface area contributed by atoms with Crippen molar-refractivity contribution >= 4 is 0 Å². The van der Waals surface area contributed by atoms with Gasteiger partial charge in [-0.15, -0.1) is 0 Å². The zero-order valence-corrected chi connectivity index (χ0v) is 6.40. The van der Waals surface area contributed by atoms with Crippen LogP contribution in [0.1, 0.15) is 17.6 Å². The van der Waals surface area contributed by atoms with Crippen molar-refractivity contribution in [2.24, 2.45) is 0 Å². The summed E-state index contributed by atoms with van der Waals surface area (Å²) in [6.45, 7) is 4.88. The van der Waals surface area contributed by atoms with Crippen LogP contribution < -0.4 is 0 Å². The van der Waals surface area contributed by atoms with Crippen molar-refractivity contribution in [3.05, 3.63) is 6.92 Å². The third-order valence-electron chi connectivity index (χ3n) is 1.91. The lowest BCUT2D eigenvalue weighted by molar-refractivity contribution is -0.250. The van der Waals surface area contributed by atoms with Crippen LogP contribution in [0.4, 0.5) is 0 Å². The first-order valence-corrected chi connectivity index (χ1v) is 3.50. The van der Waals surface area contributed by atoms with Crippen LogP contribution in [0.5, 0.6) is 0 Å². The maximum Gasteiger partial charge on any atom is 1.00 e. The summed E-state index contributed by atoms with van der Waals surface area (Å²) in [5.41, 5.74) is -1.30. The monoisotopic (exact) mass is 164 g/mol. The molecule has 0 bridgehead atoms. The molecule has 0 radical (unpaired) electrons. The van der Waals surface area contributed by atoms with Crippen LogP contribution in [0.25, 0.3) is 0 Å². The first kappa shape index (κ1) is 8.93. The number of rotatable bonds is 0. The highest BCUT2D eigenvalue weighted by Crippen LogP contribution is 2.27. The molecule has 4 nitrogen and oxygen atoms in total. The summed E-state index contributed by atoms with van der Waals surface area (Å²) < 4.78 is 4.77. The highest BCUT2D eigenvalue weighted by atomic mass is 16.6. The molecule has 0 spiro atoms. The van der Waals surface area contributed by atoms with Crippen molar-refractivity contribution in [3.8, 4) is 0 Å². The van der Waals surface area contributed by atoms with E-state index in [1.54, 1.807) is 0 Å². The molecular weight excluding hydrogens is 148 g/mol. The Morgan fingerprint density at radius 1 is 1.64 bits per heavy atom. The Labute approximate surface area is 69.9 Å². The molecular formula is C7H16O4+2. The van der Waals surface area contributed by atoms with E-state index in [-0.39, 0.29) is 10.7 Å². The fraction of sp³-hybridized carbons (Fsp3) is 0.857. The standard InChI is InChI=1S/C7H13O4/c1-4-6(9)7(2,10)3-5(8)11-4/h4-6,8-10H,1,3H2,2H3/q-1/p+3/t4-,5-,6-,7+/m1/s1. The van der Waals surface area contributed by atoms with Crippen LogP contribution in [0.15, 0.2) is 0 Å². The molecule has 1 fully saturated rings. The molecule has 1 aliphatic rings. The number of aliphatic hydroxyl groups is 3. The maximum atomic E-state index is 9.45. The van der Waals surface area contributed by atoms with E-state index < -0.39 is 24.1 Å². The molecule has 0 aromatic heterocycles. The summed E-state index contributed by atoms with van der Waals surface area (Å²) in [7, 11) is 0. The van der Waals surface area contributed by atoms with Crippen molar-refractivity contribution in [2.45, 2.75) is 37.4 Å². The summed E-state index contributed by atoms with van der Waals surface area (Å²) in [4.78, 5) is 0. The lowest BCUT2D eigenvalue weighted by atomic mass is 9.89. The van der Waals surface area contributed by atoms with E-state index in [2.05, 4.69) is 6.92 Å². The second kappa shape index (κ2) is 2.71. The quantitative estimate of drug-likeness (QED) is 0.417. The smallest absolute Gasteiger partial charge is 0.390 e. The van der Waals surface area contributed by atoms with Gasteiger partial charge in [-0.05, 0) is 13.0 Å². The minimum atomic E-state index is -1.30. The lowest BCUT2D eigenvalue weighted by Crippen LogP contribution is -2.54. The van der Waals surface area contributed by atoms with E-state index in [9.17, 15) is 10.2 Å². The minimum Gasteiger partial charge on any atom is -0.390 e. The van der Waals surface area contributed by atoms with Gasteiger partial charge in [-0.2, -0.15) is 0 Å². The minimum absolute atomic E-state index is 0. The Morgan fingerprint density at radius 2 is 2.18 bits per heavy atom. The highest BCUT2D eigenvalue weighted by Gasteiger charge is 2.39. The number of hydrogen-bond acceptors (Lipinski definition) is 4.